The number of halogens is 4. The number of anilines is 2. The highest BCUT2D eigenvalue weighted by atomic mass is 79.9. The van der Waals surface area contributed by atoms with Crippen molar-refractivity contribution in [3.8, 4) is 11.6 Å². The van der Waals surface area contributed by atoms with Crippen LogP contribution in [0.15, 0.2) is 71.7 Å². The van der Waals surface area contributed by atoms with Gasteiger partial charge in [-0.15, -0.1) is 0 Å². The summed E-state index contributed by atoms with van der Waals surface area (Å²) in [6.45, 7) is 5.30. The van der Waals surface area contributed by atoms with Gasteiger partial charge in [0.2, 0.25) is 5.88 Å². The molecular formula is C29H25BrF3N5O4. The number of nitrogens with one attached hydrogen (secondary N) is 1. The Hall–Kier alpha value is -4.52. The van der Waals surface area contributed by atoms with Crippen molar-refractivity contribution in [1.29, 1.82) is 0 Å². The summed E-state index contributed by atoms with van der Waals surface area (Å²) in [7, 11) is 0. The first-order chi connectivity index (χ1) is 19.8. The van der Waals surface area contributed by atoms with Gasteiger partial charge < -0.3 is 20.1 Å². The molecule has 4 rings (SSSR count). The number of benzene rings is 2. The van der Waals surface area contributed by atoms with Crippen LogP contribution in [0.2, 0.25) is 0 Å². The van der Waals surface area contributed by atoms with Crippen molar-refractivity contribution in [3.63, 3.8) is 0 Å². The molecule has 2 aromatic carbocycles. The minimum absolute atomic E-state index is 0.0232. The fourth-order valence-corrected chi connectivity index (χ4v) is 4.21. The number of hydrogen-bond acceptors (Lipinski definition) is 7. The molecule has 42 heavy (non-hydrogen) atoms. The molecule has 0 spiro atoms. The van der Waals surface area contributed by atoms with Crippen LogP contribution in [0, 0.1) is 6.92 Å². The highest BCUT2D eigenvalue weighted by Gasteiger charge is 2.36. The number of hydrogen-bond donors (Lipinski definition) is 2. The fourth-order valence-electron chi connectivity index (χ4n) is 4.00. The van der Waals surface area contributed by atoms with Gasteiger partial charge >= 0.3 is 12.1 Å². The van der Waals surface area contributed by atoms with E-state index in [4.69, 9.17) is 4.74 Å². The van der Waals surface area contributed by atoms with E-state index in [1.807, 2.05) is 6.92 Å². The Balaban J connectivity index is 1.64. The Morgan fingerprint density at radius 2 is 1.74 bits per heavy atom. The molecule has 0 saturated heterocycles. The van der Waals surface area contributed by atoms with Crippen LogP contribution in [0.25, 0.3) is 0 Å². The molecule has 2 N–H and O–H groups in total. The van der Waals surface area contributed by atoms with E-state index >= 15 is 0 Å². The Bertz CT molecular complexity index is 1600. The zero-order valence-corrected chi connectivity index (χ0v) is 24.2. The number of amides is 1. The topological polar surface area (TPSA) is 118 Å². The van der Waals surface area contributed by atoms with Gasteiger partial charge in [0.25, 0.3) is 5.91 Å². The third-order valence-corrected chi connectivity index (χ3v) is 6.42. The van der Waals surface area contributed by atoms with Gasteiger partial charge in [0.15, 0.2) is 0 Å². The lowest BCUT2D eigenvalue weighted by molar-refractivity contribution is -0.138. The van der Waals surface area contributed by atoms with Gasteiger partial charge in [0.1, 0.15) is 21.7 Å². The molecule has 2 heterocycles. The molecule has 2 aromatic heterocycles. The van der Waals surface area contributed by atoms with Crippen molar-refractivity contribution >= 4 is 39.3 Å². The molecule has 0 atom stereocenters. The third kappa shape index (κ3) is 7.21. The maximum absolute atomic E-state index is 14.0. The Labute approximate surface area is 247 Å². The first kappa shape index (κ1) is 30.4. The van der Waals surface area contributed by atoms with E-state index in [1.165, 1.54) is 35.6 Å². The molecule has 0 fully saturated rings. The van der Waals surface area contributed by atoms with Crippen LogP contribution in [-0.4, -0.2) is 38.0 Å². The molecular weight excluding hydrogens is 619 g/mol. The monoisotopic (exact) mass is 643 g/mol. The average Bonchev–Trinajstić information content (AvgIpc) is 2.93. The molecule has 0 aliphatic carbocycles. The van der Waals surface area contributed by atoms with Gasteiger partial charge in [0.05, 0.1) is 23.6 Å². The largest absolute Gasteiger partial charge is 0.478 e. The molecule has 0 saturated carbocycles. The summed E-state index contributed by atoms with van der Waals surface area (Å²) < 4.78 is 47.9. The number of carboxylic acids is 1. The number of carboxylic acid groups (broad SMARTS) is 1. The van der Waals surface area contributed by atoms with Crippen LogP contribution in [0.4, 0.5) is 24.7 Å². The van der Waals surface area contributed by atoms with Gasteiger partial charge in [0, 0.05) is 24.3 Å². The zero-order chi connectivity index (χ0) is 30.6. The second-order valence-corrected chi connectivity index (χ2v) is 10.3. The van der Waals surface area contributed by atoms with E-state index < -0.39 is 35.5 Å². The second-order valence-electron chi connectivity index (χ2n) is 9.49. The summed E-state index contributed by atoms with van der Waals surface area (Å²) in [6.07, 6.45) is -0.760. The van der Waals surface area contributed by atoms with E-state index in [1.54, 1.807) is 38.1 Å². The summed E-state index contributed by atoms with van der Waals surface area (Å²) in [4.78, 5) is 38.8. The third-order valence-electron chi connectivity index (χ3n) is 6.01. The number of aromatic nitrogens is 3. The molecule has 0 aliphatic heterocycles. The van der Waals surface area contributed by atoms with Gasteiger partial charge in [-0.2, -0.15) is 13.2 Å². The summed E-state index contributed by atoms with van der Waals surface area (Å²) in [5, 5.41) is 12.8. The van der Waals surface area contributed by atoms with Crippen LogP contribution in [0.3, 0.4) is 0 Å². The Morgan fingerprint density at radius 3 is 2.33 bits per heavy atom. The van der Waals surface area contributed by atoms with Gasteiger partial charge in [-0.25, -0.2) is 19.7 Å². The van der Waals surface area contributed by atoms with Gasteiger partial charge in [-0.3, -0.25) is 4.79 Å². The Kier molecular flexibility index (Phi) is 9.10. The molecule has 0 unspecified atom stereocenters. The van der Waals surface area contributed by atoms with Gasteiger partial charge in [-0.05, 0) is 78.7 Å². The molecule has 218 valence electrons. The zero-order valence-electron chi connectivity index (χ0n) is 22.6. The minimum Gasteiger partial charge on any atom is -0.478 e. The summed E-state index contributed by atoms with van der Waals surface area (Å²) in [5.41, 5.74) is 0.0897. The molecule has 4 aromatic rings. The maximum Gasteiger partial charge on any atom is 0.421 e. The van der Waals surface area contributed by atoms with E-state index in [9.17, 15) is 27.9 Å². The van der Waals surface area contributed by atoms with Crippen molar-refractivity contribution in [3.05, 3.63) is 99.5 Å². The number of nitrogens with zero attached hydrogens (tertiary/aromatic N) is 4. The molecule has 1 amide bonds. The summed E-state index contributed by atoms with van der Waals surface area (Å²) >= 11 is 3.16. The molecule has 0 bridgehead atoms. The smallest absolute Gasteiger partial charge is 0.421 e. The number of carbonyl (C=O) groups excluding carboxylic acids is 1. The van der Waals surface area contributed by atoms with Crippen LogP contribution >= 0.6 is 15.9 Å². The van der Waals surface area contributed by atoms with Crippen LogP contribution in [0.1, 0.15) is 51.3 Å². The second kappa shape index (κ2) is 12.6. The van der Waals surface area contributed by atoms with Crippen molar-refractivity contribution in [2.24, 2.45) is 0 Å². The minimum atomic E-state index is -4.82. The number of aryl methyl sites for hydroxylation is 1. The highest BCUT2D eigenvalue weighted by molar-refractivity contribution is 9.10. The Morgan fingerprint density at radius 1 is 1.02 bits per heavy atom. The average molecular weight is 644 g/mol. The predicted octanol–water partition coefficient (Wildman–Crippen LogP) is 7.12. The summed E-state index contributed by atoms with van der Waals surface area (Å²) in [5.74, 6) is -2.42. The molecule has 0 radical (unpaired) electrons. The predicted molar refractivity (Wildman–Crippen MR) is 153 cm³/mol. The van der Waals surface area contributed by atoms with E-state index in [2.05, 4.69) is 36.2 Å². The van der Waals surface area contributed by atoms with E-state index in [-0.39, 0.29) is 29.1 Å². The number of pyridine rings is 1. The van der Waals surface area contributed by atoms with Crippen LogP contribution < -0.4 is 15.0 Å². The highest BCUT2D eigenvalue weighted by Crippen LogP contribution is 2.38. The SMILES string of the molecule is Cc1ccc(C(=O)N(c2ccc(Oc3ncc(CNc4cnc(Br)cn4)cc3C(F)(F)F)cc2C(=O)O)C(C)C)cc1. The van der Waals surface area contributed by atoms with E-state index in [0.717, 1.165) is 17.7 Å². The number of aromatic carboxylic acids is 1. The number of rotatable bonds is 9. The standard InChI is InChI=1S/C29H25BrF3N5O4/c1-16(2)38(27(39)19-6-4-17(3)5-7-19)23-9-8-20(11-21(23)28(40)41)42-26-22(29(31,32)33)10-18(13-37-26)12-35-25-15-34-24(30)14-36-25/h4-11,13-16H,12H2,1-3H3,(H,35,36)(H,40,41). The normalized spacial score (nSPS) is 11.3. The summed E-state index contributed by atoms with van der Waals surface area (Å²) in [6, 6.07) is 10.9. The number of alkyl halides is 3. The number of ether oxygens (including phenoxy) is 1. The molecule has 0 aliphatic rings. The van der Waals surface area contributed by atoms with Crippen LogP contribution in [-0.2, 0) is 12.7 Å². The van der Waals surface area contributed by atoms with Crippen molar-refractivity contribution in [2.45, 2.75) is 39.5 Å². The van der Waals surface area contributed by atoms with Crippen molar-refractivity contribution in [1.82, 2.24) is 15.0 Å². The molecule has 9 nitrogen and oxygen atoms in total. The number of carbonyl (C=O) groups is 2. The lowest BCUT2D eigenvalue weighted by atomic mass is 10.1. The molecule has 13 heteroatoms. The van der Waals surface area contributed by atoms with Crippen molar-refractivity contribution in [2.75, 3.05) is 10.2 Å². The maximum atomic E-state index is 14.0. The lowest BCUT2D eigenvalue weighted by Gasteiger charge is -2.28. The van der Waals surface area contributed by atoms with Gasteiger partial charge in [-0.1, -0.05) is 17.7 Å². The fraction of sp³-hybridized carbons (Fsp3) is 0.207. The van der Waals surface area contributed by atoms with Crippen molar-refractivity contribution < 1.29 is 32.6 Å². The first-order valence-electron chi connectivity index (χ1n) is 12.6. The van der Waals surface area contributed by atoms with E-state index in [0.29, 0.717) is 16.0 Å². The lowest BCUT2D eigenvalue weighted by Crippen LogP contribution is -2.38. The van der Waals surface area contributed by atoms with Crippen LogP contribution in [0.5, 0.6) is 11.6 Å². The first-order valence-corrected chi connectivity index (χ1v) is 13.4. The quantitative estimate of drug-likeness (QED) is 0.198.